The first-order valence-electron chi connectivity index (χ1n) is 6.39. The molecule has 7 nitrogen and oxygen atoms in total. The van der Waals surface area contributed by atoms with Crippen LogP contribution in [0.1, 0.15) is 34.5 Å². The van der Waals surface area contributed by atoms with Crippen LogP contribution in [0.5, 0.6) is 0 Å². The van der Waals surface area contributed by atoms with E-state index in [9.17, 15) is 4.79 Å². The van der Waals surface area contributed by atoms with Crippen LogP contribution in [-0.4, -0.2) is 25.7 Å². The van der Waals surface area contributed by atoms with Crippen molar-refractivity contribution in [3.05, 3.63) is 28.8 Å². The first-order chi connectivity index (χ1) is 9.42. The lowest BCUT2D eigenvalue weighted by Crippen LogP contribution is -2.20. The van der Waals surface area contributed by atoms with E-state index in [2.05, 4.69) is 20.4 Å². The van der Waals surface area contributed by atoms with E-state index in [-0.39, 0.29) is 11.9 Å². The monoisotopic (exact) mass is 274 g/mol. The first kappa shape index (κ1) is 14.0. The number of nitrogens with two attached hydrogens (primary N) is 1. The summed E-state index contributed by atoms with van der Waals surface area (Å²) in [6.07, 6.45) is 0. The van der Waals surface area contributed by atoms with Crippen LogP contribution in [0.25, 0.3) is 0 Å². The number of aryl methyl sites for hydroxylation is 4. The summed E-state index contributed by atoms with van der Waals surface area (Å²) >= 11 is 0. The lowest BCUT2D eigenvalue weighted by molar-refractivity contribution is 0.101. The summed E-state index contributed by atoms with van der Waals surface area (Å²) in [5.74, 6) is -0.0802. The molecule has 106 valence electrons. The minimum Gasteiger partial charge on any atom is -0.395 e. The largest absolute Gasteiger partial charge is 0.395 e. The Kier molecular flexibility index (Phi) is 3.69. The molecule has 0 aliphatic carbocycles. The normalized spacial score (nSPS) is 10.6. The lowest BCUT2D eigenvalue weighted by atomic mass is 10.3. The fourth-order valence-electron chi connectivity index (χ4n) is 2.01. The van der Waals surface area contributed by atoms with Gasteiger partial charge in [0.25, 0.3) is 5.91 Å². The summed E-state index contributed by atoms with van der Waals surface area (Å²) in [6.45, 7) is 7.92. The third-order valence-electron chi connectivity index (χ3n) is 2.90. The third kappa shape index (κ3) is 2.61. The van der Waals surface area contributed by atoms with Crippen molar-refractivity contribution in [3.63, 3.8) is 0 Å². The van der Waals surface area contributed by atoms with Crippen molar-refractivity contribution in [2.75, 3.05) is 11.1 Å². The standard InChI is InChI=1S/C13H18N6O/c1-5-19-11(10(14)9(4)18-19)12(20)17-13-15-7(2)6-8(3)16-13/h6H,5,14H2,1-4H3,(H,15,16,17,20). The van der Waals surface area contributed by atoms with Gasteiger partial charge < -0.3 is 5.73 Å². The predicted molar refractivity (Wildman–Crippen MR) is 76.5 cm³/mol. The van der Waals surface area contributed by atoms with E-state index < -0.39 is 0 Å². The number of nitrogens with one attached hydrogen (secondary N) is 1. The molecule has 0 aliphatic rings. The van der Waals surface area contributed by atoms with Gasteiger partial charge in [-0.1, -0.05) is 0 Å². The number of amides is 1. The second-order valence-electron chi connectivity index (χ2n) is 4.59. The Morgan fingerprint density at radius 3 is 2.45 bits per heavy atom. The highest BCUT2D eigenvalue weighted by Gasteiger charge is 2.20. The molecular weight excluding hydrogens is 256 g/mol. The molecule has 2 aromatic rings. The van der Waals surface area contributed by atoms with Crippen molar-refractivity contribution < 1.29 is 4.79 Å². The number of rotatable bonds is 3. The zero-order chi connectivity index (χ0) is 14.9. The van der Waals surface area contributed by atoms with Crippen molar-refractivity contribution in [2.24, 2.45) is 0 Å². The van der Waals surface area contributed by atoms with Crippen LogP contribution in [0.3, 0.4) is 0 Å². The Morgan fingerprint density at radius 1 is 1.30 bits per heavy atom. The molecule has 1 amide bonds. The molecule has 0 spiro atoms. The van der Waals surface area contributed by atoms with Gasteiger partial charge in [-0.15, -0.1) is 0 Å². The maximum absolute atomic E-state index is 12.3. The average molecular weight is 274 g/mol. The van der Waals surface area contributed by atoms with Crippen LogP contribution >= 0.6 is 0 Å². The van der Waals surface area contributed by atoms with Crippen LogP contribution in [0.15, 0.2) is 6.07 Å². The molecule has 3 N–H and O–H groups in total. The van der Waals surface area contributed by atoms with Crippen LogP contribution in [0.4, 0.5) is 11.6 Å². The van der Waals surface area contributed by atoms with Gasteiger partial charge in [0.05, 0.1) is 11.4 Å². The molecule has 0 saturated carbocycles. The van der Waals surface area contributed by atoms with Crippen LogP contribution in [-0.2, 0) is 6.54 Å². The number of hydrogen-bond donors (Lipinski definition) is 2. The highest BCUT2D eigenvalue weighted by Crippen LogP contribution is 2.17. The molecule has 0 bridgehead atoms. The number of anilines is 2. The molecule has 0 saturated heterocycles. The van der Waals surface area contributed by atoms with E-state index in [0.717, 1.165) is 11.4 Å². The van der Waals surface area contributed by atoms with E-state index in [1.54, 1.807) is 11.6 Å². The van der Waals surface area contributed by atoms with Gasteiger partial charge in [0, 0.05) is 17.9 Å². The van der Waals surface area contributed by atoms with Gasteiger partial charge in [0.2, 0.25) is 5.95 Å². The fraction of sp³-hybridized carbons (Fsp3) is 0.385. The number of nitrogens with zero attached hydrogens (tertiary/aromatic N) is 4. The topological polar surface area (TPSA) is 98.7 Å². The van der Waals surface area contributed by atoms with Gasteiger partial charge in [-0.25, -0.2) is 9.97 Å². The van der Waals surface area contributed by atoms with Crippen LogP contribution in [0.2, 0.25) is 0 Å². The summed E-state index contributed by atoms with van der Waals surface area (Å²) in [4.78, 5) is 20.7. The van der Waals surface area contributed by atoms with Gasteiger partial charge in [0.15, 0.2) is 0 Å². The maximum atomic E-state index is 12.3. The molecule has 2 heterocycles. The van der Waals surface area contributed by atoms with E-state index in [1.807, 2.05) is 26.8 Å². The zero-order valence-electron chi connectivity index (χ0n) is 12.1. The first-order valence-corrected chi connectivity index (χ1v) is 6.39. The number of carbonyl (C=O) groups is 1. The van der Waals surface area contributed by atoms with Gasteiger partial charge in [-0.3, -0.25) is 14.8 Å². The van der Waals surface area contributed by atoms with Crippen molar-refractivity contribution in [3.8, 4) is 0 Å². The Hall–Kier alpha value is -2.44. The van der Waals surface area contributed by atoms with Gasteiger partial charge in [-0.2, -0.15) is 5.10 Å². The van der Waals surface area contributed by atoms with Crippen molar-refractivity contribution in [1.82, 2.24) is 19.7 Å². The molecule has 0 fully saturated rings. The molecule has 2 rings (SSSR count). The summed E-state index contributed by atoms with van der Waals surface area (Å²) in [5, 5.41) is 6.88. The summed E-state index contributed by atoms with van der Waals surface area (Å²) in [5.41, 5.74) is 8.85. The third-order valence-corrected chi connectivity index (χ3v) is 2.90. The molecule has 20 heavy (non-hydrogen) atoms. The minimum atomic E-state index is -0.352. The SMILES string of the molecule is CCn1nc(C)c(N)c1C(=O)Nc1nc(C)cc(C)n1. The Balaban J connectivity index is 2.33. The van der Waals surface area contributed by atoms with Gasteiger partial charge in [0.1, 0.15) is 5.69 Å². The quantitative estimate of drug-likeness (QED) is 0.882. The minimum absolute atomic E-state index is 0.272. The van der Waals surface area contributed by atoms with E-state index >= 15 is 0 Å². The van der Waals surface area contributed by atoms with E-state index in [1.165, 1.54) is 0 Å². The molecule has 0 radical (unpaired) electrons. The Bertz CT molecular complexity index is 641. The highest BCUT2D eigenvalue weighted by atomic mass is 16.2. The molecule has 2 aromatic heterocycles. The number of carbonyl (C=O) groups excluding carboxylic acids is 1. The average Bonchev–Trinajstić information content (AvgIpc) is 2.63. The highest BCUT2D eigenvalue weighted by molar-refractivity contribution is 6.06. The Morgan fingerprint density at radius 2 is 1.90 bits per heavy atom. The summed E-state index contributed by atoms with van der Waals surface area (Å²) in [6, 6.07) is 1.84. The lowest BCUT2D eigenvalue weighted by Gasteiger charge is -2.07. The van der Waals surface area contributed by atoms with Gasteiger partial charge >= 0.3 is 0 Å². The van der Waals surface area contributed by atoms with Crippen molar-refractivity contribution in [2.45, 2.75) is 34.2 Å². The van der Waals surface area contributed by atoms with E-state index in [4.69, 9.17) is 5.73 Å². The predicted octanol–water partition coefficient (Wildman–Crippen LogP) is 1.45. The molecule has 0 aromatic carbocycles. The number of aromatic nitrogens is 4. The number of hydrogen-bond acceptors (Lipinski definition) is 5. The second-order valence-corrected chi connectivity index (χ2v) is 4.59. The summed E-state index contributed by atoms with van der Waals surface area (Å²) in [7, 11) is 0. The number of nitrogen functional groups attached to an aromatic ring is 1. The molecule has 0 atom stereocenters. The molecule has 7 heteroatoms. The maximum Gasteiger partial charge on any atom is 0.278 e. The van der Waals surface area contributed by atoms with Crippen molar-refractivity contribution >= 4 is 17.5 Å². The van der Waals surface area contributed by atoms with Crippen molar-refractivity contribution in [1.29, 1.82) is 0 Å². The fourth-order valence-corrected chi connectivity index (χ4v) is 2.01. The van der Waals surface area contributed by atoms with Crippen LogP contribution in [0, 0.1) is 20.8 Å². The molecule has 0 unspecified atom stereocenters. The second kappa shape index (κ2) is 5.28. The smallest absolute Gasteiger partial charge is 0.278 e. The summed E-state index contributed by atoms with van der Waals surface area (Å²) < 4.78 is 1.57. The molecule has 0 aliphatic heterocycles. The van der Waals surface area contributed by atoms with Gasteiger partial charge in [-0.05, 0) is 33.8 Å². The Labute approximate surface area is 117 Å². The molecular formula is C13H18N6O. The zero-order valence-corrected chi connectivity index (χ0v) is 12.1. The van der Waals surface area contributed by atoms with Crippen LogP contribution < -0.4 is 11.1 Å². The van der Waals surface area contributed by atoms with E-state index in [0.29, 0.717) is 23.6 Å².